The van der Waals surface area contributed by atoms with Gasteiger partial charge in [-0.15, -0.1) is 5.10 Å². The number of benzene rings is 1. The predicted octanol–water partition coefficient (Wildman–Crippen LogP) is 1.90. The maximum atomic E-state index is 12.9. The van der Waals surface area contributed by atoms with Crippen LogP contribution >= 0.6 is 0 Å². The molecule has 23 heavy (non-hydrogen) atoms. The van der Waals surface area contributed by atoms with Crippen molar-refractivity contribution >= 4 is 0 Å². The molecule has 0 amide bonds. The fourth-order valence-corrected chi connectivity index (χ4v) is 2.50. The van der Waals surface area contributed by atoms with Crippen LogP contribution in [0.25, 0.3) is 5.69 Å². The monoisotopic (exact) mass is 327 g/mol. The molecule has 2 aromatic rings. The molecule has 1 aliphatic rings. The Kier molecular flexibility index (Phi) is 4.31. The summed E-state index contributed by atoms with van der Waals surface area (Å²) in [6.45, 7) is 4.45. The molecule has 0 bridgehead atoms. The van der Waals surface area contributed by atoms with E-state index >= 15 is 0 Å². The van der Waals surface area contributed by atoms with Crippen LogP contribution in [0.1, 0.15) is 18.3 Å². The van der Waals surface area contributed by atoms with Crippen molar-refractivity contribution in [2.75, 3.05) is 19.8 Å². The van der Waals surface area contributed by atoms with Crippen molar-refractivity contribution in [3.63, 3.8) is 0 Å². The van der Waals surface area contributed by atoms with Gasteiger partial charge in [-0.2, -0.15) is 17.9 Å². The van der Waals surface area contributed by atoms with Crippen LogP contribution in [0.2, 0.25) is 0 Å². The summed E-state index contributed by atoms with van der Waals surface area (Å²) in [7, 11) is 0. The number of hydrogen-bond donors (Lipinski definition) is 0. The van der Waals surface area contributed by atoms with E-state index in [-0.39, 0.29) is 6.04 Å². The van der Waals surface area contributed by atoms with Crippen LogP contribution in [0, 0.1) is 0 Å². The standard InChI is InChI=1S/C14H16F3N5O/c1-10-9-23-6-5-21(10)8-13-18-19-20-22(13)12-4-2-3-11(7-12)14(15,16)17/h2-4,7,10H,5-6,8-9H2,1H3. The Bertz CT molecular complexity index is 672. The molecule has 1 saturated heterocycles. The molecule has 0 spiro atoms. The fourth-order valence-electron chi connectivity index (χ4n) is 2.50. The maximum Gasteiger partial charge on any atom is 0.416 e. The van der Waals surface area contributed by atoms with Gasteiger partial charge in [0.15, 0.2) is 5.82 Å². The van der Waals surface area contributed by atoms with Crippen LogP contribution in [-0.4, -0.2) is 50.9 Å². The number of rotatable bonds is 3. The zero-order valence-corrected chi connectivity index (χ0v) is 12.5. The van der Waals surface area contributed by atoms with Crippen molar-refractivity contribution in [2.45, 2.75) is 25.7 Å². The van der Waals surface area contributed by atoms with Gasteiger partial charge in [0.1, 0.15) is 0 Å². The van der Waals surface area contributed by atoms with Crippen molar-refractivity contribution in [2.24, 2.45) is 0 Å². The van der Waals surface area contributed by atoms with E-state index < -0.39 is 11.7 Å². The molecule has 0 N–H and O–H groups in total. The van der Waals surface area contributed by atoms with Crippen LogP contribution in [0.3, 0.4) is 0 Å². The molecule has 1 unspecified atom stereocenters. The fraction of sp³-hybridized carbons (Fsp3) is 0.500. The molecule has 1 aliphatic heterocycles. The Morgan fingerprint density at radius 3 is 2.91 bits per heavy atom. The van der Waals surface area contributed by atoms with Gasteiger partial charge in [-0.25, -0.2) is 0 Å². The predicted molar refractivity (Wildman–Crippen MR) is 74.8 cm³/mol. The molecule has 2 heterocycles. The van der Waals surface area contributed by atoms with Crippen LogP contribution in [0.4, 0.5) is 13.2 Å². The van der Waals surface area contributed by atoms with Crippen molar-refractivity contribution < 1.29 is 17.9 Å². The molecule has 0 radical (unpaired) electrons. The summed E-state index contributed by atoms with van der Waals surface area (Å²) in [5.74, 6) is 0.498. The van der Waals surface area contributed by atoms with Gasteiger partial charge in [-0.1, -0.05) is 6.07 Å². The first kappa shape index (κ1) is 15.9. The second-order valence-electron chi connectivity index (χ2n) is 5.45. The molecular weight excluding hydrogens is 311 g/mol. The van der Waals surface area contributed by atoms with E-state index in [4.69, 9.17) is 4.74 Å². The lowest BCUT2D eigenvalue weighted by molar-refractivity contribution is -0.137. The van der Waals surface area contributed by atoms with Crippen molar-refractivity contribution in [1.82, 2.24) is 25.1 Å². The number of aromatic nitrogens is 4. The van der Waals surface area contributed by atoms with E-state index in [0.717, 1.165) is 18.7 Å². The third-order valence-corrected chi connectivity index (χ3v) is 3.80. The lowest BCUT2D eigenvalue weighted by atomic mass is 10.2. The number of ether oxygens (including phenoxy) is 1. The highest BCUT2D eigenvalue weighted by molar-refractivity contribution is 5.36. The Labute approximate surface area is 130 Å². The van der Waals surface area contributed by atoms with Gasteiger partial charge in [0, 0.05) is 12.6 Å². The molecule has 124 valence electrons. The van der Waals surface area contributed by atoms with Crippen LogP contribution in [-0.2, 0) is 17.5 Å². The van der Waals surface area contributed by atoms with E-state index in [0.29, 0.717) is 31.3 Å². The summed E-state index contributed by atoms with van der Waals surface area (Å²) in [6.07, 6.45) is -4.40. The smallest absolute Gasteiger partial charge is 0.379 e. The topological polar surface area (TPSA) is 56.1 Å². The van der Waals surface area contributed by atoms with Crippen LogP contribution in [0.5, 0.6) is 0 Å². The third-order valence-electron chi connectivity index (χ3n) is 3.80. The molecule has 6 nitrogen and oxygen atoms in total. The summed E-state index contributed by atoms with van der Waals surface area (Å²) >= 11 is 0. The molecule has 1 aromatic heterocycles. The molecule has 1 aromatic carbocycles. The lowest BCUT2D eigenvalue weighted by Crippen LogP contribution is -2.43. The van der Waals surface area contributed by atoms with Gasteiger partial charge in [-0.05, 0) is 35.5 Å². The second kappa shape index (κ2) is 6.25. The highest BCUT2D eigenvalue weighted by atomic mass is 19.4. The average molecular weight is 327 g/mol. The summed E-state index contributed by atoms with van der Waals surface area (Å²) in [5.41, 5.74) is -0.433. The van der Waals surface area contributed by atoms with Gasteiger partial charge < -0.3 is 4.74 Å². The molecule has 3 rings (SSSR count). The average Bonchev–Trinajstić information content (AvgIpc) is 2.97. The molecule has 1 fully saturated rings. The van der Waals surface area contributed by atoms with Gasteiger partial charge in [-0.3, -0.25) is 4.90 Å². The molecule has 9 heteroatoms. The zero-order valence-electron chi connectivity index (χ0n) is 12.5. The van der Waals surface area contributed by atoms with Crippen LogP contribution in [0.15, 0.2) is 24.3 Å². The largest absolute Gasteiger partial charge is 0.416 e. The van der Waals surface area contributed by atoms with Crippen molar-refractivity contribution in [3.8, 4) is 5.69 Å². The number of tetrazole rings is 1. The second-order valence-corrected chi connectivity index (χ2v) is 5.45. The minimum absolute atomic E-state index is 0.204. The SMILES string of the molecule is CC1COCCN1Cc1nnnn1-c1cccc(C(F)(F)F)c1. The van der Waals surface area contributed by atoms with Gasteiger partial charge in [0.25, 0.3) is 0 Å². The quantitative estimate of drug-likeness (QED) is 0.862. The lowest BCUT2D eigenvalue weighted by Gasteiger charge is -2.32. The maximum absolute atomic E-state index is 12.9. The Morgan fingerprint density at radius 2 is 2.17 bits per heavy atom. The number of alkyl halides is 3. The zero-order chi connectivity index (χ0) is 16.4. The van der Waals surface area contributed by atoms with E-state index in [9.17, 15) is 13.2 Å². The van der Waals surface area contributed by atoms with E-state index in [1.807, 2.05) is 6.92 Å². The Balaban J connectivity index is 1.86. The summed E-state index contributed by atoms with van der Waals surface area (Å²) in [6, 6.07) is 5.18. The number of morpholine rings is 1. The molecule has 0 saturated carbocycles. The molecule has 0 aliphatic carbocycles. The van der Waals surface area contributed by atoms with E-state index in [1.54, 1.807) is 6.07 Å². The van der Waals surface area contributed by atoms with Gasteiger partial charge in [0.2, 0.25) is 0 Å². The molecular formula is C14H16F3N5O. The summed E-state index contributed by atoms with van der Waals surface area (Å²) in [4.78, 5) is 2.14. The Morgan fingerprint density at radius 1 is 1.35 bits per heavy atom. The van der Waals surface area contributed by atoms with Crippen molar-refractivity contribution in [3.05, 3.63) is 35.7 Å². The van der Waals surface area contributed by atoms with Crippen LogP contribution < -0.4 is 0 Å². The third kappa shape index (κ3) is 3.50. The van der Waals surface area contributed by atoms with E-state index in [2.05, 4.69) is 20.4 Å². The highest BCUT2D eigenvalue weighted by Crippen LogP contribution is 2.30. The first-order chi connectivity index (χ1) is 10.9. The normalized spacial score (nSPS) is 19.9. The minimum atomic E-state index is -4.40. The van der Waals surface area contributed by atoms with Crippen molar-refractivity contribution in [1.29, 1.82) is 0 Å². The molecule has 1 atom stereocenters. The highest BCUT2D eigenvalue weighted by Gasteiger charge is 2.31. The van der Waals surface area contributed by atoms with E-state index in [1.165, 1.54) is 10.7 Å². The first-order valence-corrected chi connectivity index (χ1v) is 7.22. The van der Waals surface area contributed by atoms with Gasteiger partial charge in [0.05, 0.1) is 31.0 Å². The Hall–Kier alpha value is -2.00. The van der Waals surface area contributed by atoms with Gasteiger partial charge >= 0.3 is 6.18 Å². The summed E-state index contributed by atoms with van der Waals surface area (Å²) in [5, 5.41) is 11.4. The first-order valence-electron chi connectivity index (χ1n) is 7.22. The number of hydrogen-bond acceptors (Lipinski definition) is 5. The number of halogens is 3. The number of nitrogens with zero attached hydrogens (tertiary/aromatic N) is 5. The summed E-state index contributed by atoms with van der Waals surface area (Å²) < 4.78 is 45.3. The minimum Gasteiger partial charge on any atom is -0.379 e.